The highest BCUT2D eigenvalue weighted by molar-refractivity contribution is 7.89. The third-order valence-corrected chi connectivity index (χ3v) is 3.74. The van der Waals surface area contributed by atoms with Crippen LogP contribution in [0.1, 0.15) is 33.1 Å². The summed E-state index contributed by atoms with van der Waals surface area (Å²) in [7, 11) is -3.04. The first-order valence-electron chi connectivity index (χ1n) is 5.70. The summed E-state index contributed by atoms with van der Waals surface area (Å²) in [5, 5.41) is 3.30. The fourth-order valence-corrected chi connectivity index (χ4v) is 2.48. The molecular weight excluding hydrogens is 212 g/mol. The minimum absolute atomic E-state index is 0.236. The van der Waals surface area contributed by atoms with E-state index in [0.29, 0.717) is 24.9 Å². The summed E-state index contributed by atoms with van der Waals surface area (Å²) in [5.74, 6) is 0.601. The molecule has 0 unspecified atom stereocenters. The Morgan fingerprint density at radius 3 is 2.53 bits per heavy atom. The highest BCUT2D eigenvalue weighted by atomic mass is 32.2. The largest absolute Gasteiger partial charge is 0.314 e. The maximum atomic E-state index is 11.5. The van der Waals surface area contributed by atoms with Crippen LogP contribution in [0.3, 0.4) is 0 Å². The van der Waals surface area contributed by atoms with Gasteiger partial charge in [0.1, 0.15) is 0 Å². The van der Waals surface area contributed by atoms with Crippen LogP contribution >= 0.6 is 0 Å². The van der Waals surface area contributed by atoms with Gasteiger partial charge in [-0.05, 0) is 31.7 Å². The van der Waals surface area contributed by atoms with E-state index in [1.54, 1.807) is 0 Å². The third kappa shape index (κ3) is 6.87. The number of hydrogen-bond donors (Lipinski definition) is 2. The number of rotatable bonds is 8. The van der Waals surface area contributed by atoms with Crippen molar-refractivity contribution in [3.8, 4) is 0 Å². The molecule has 0 aromatic heterocycles. The fourth-order valence-electron chi connectivity index (χ4n) is 1.22. The Morgan fingerprint density at radius 2 is 2.00 bits per heavy atom. The molecule has 0 aromatic rings. The molecule has 0 bridgehead atoms. The predicted octanol–water partition coefficient (Wildman–Crippen LogP) is 0.704. The molecule has 90 valence electrons. The normalized spacial score (nSPS) is 17.3. The van der Waals surface area contributed by atoms with Crippen molar-refractivity contribution < 1.29 is 8.42 Å². The summed E-state index contributed by atoms with van der Waals surface area (Å²) in [6.07, 6.45) is 3.20. The Labute approximate surface area is 92.9 Å². The van der Waals surface area contributed by atoms with Gasteiger partial charge in [-0.25, -0.2) is 13.1 Å². The summed E-state index contributed by atoms with van der Waals surface area (Å²) >= 11 is 0. The smallest absolute Gasteiger partial charge is 0.211 e. The van der Waals surface area contributed by atoms with Crippen molar-refractivity contribution in [3.05, 3.63) is 0 Å². The zero-order chi connectivity index (χ0) is 11.3. The lowest BCUT2D eigenvalue weighted by Crippen LogP contribution is -2.31. The first-order chi connectivity index (χ1) is 6.99. The van der Waals surface area contributed by atoms with Crippen LogP contribution in [0.25, 0.3) is 0 Å². The van der Waals surface area contributed by atoms with Gasteiger partial charge in [-0.15, -0.1) is 0 Å². The molecule has 2 N–H and O–H groups in total. The highest BCUT2D eigenvalue weighted by Gasteiger charge is 2.20. The van der Waals surface area contributed by atoms with Gasteiger partial charge in [0.05, 0.1) is 5.75 Å². The molecule has 1 rings (SSSR count). The molecule has 5 heteroatoms. The van der Waals surface area contributed by atoms with Crippen LogP contribution in [0, 0.1) is 5.92 Å². The topological polar surface area (TPSA) is 58.2 Å². The van der Waals surface area contributed by atoms with Gasteiger partial charge in [0.15, 0.2) is 0 Å². The highest BCUT2D eigenvalue weighted by Crippen LogP contribution is 2.18. The summed E-state index contributed by atoms with van der Waals surface area (Å²) in [5.41, 5.74) is 0. The lowest BCUT2D eigenvalue weighted by molar-refractivity contribution is 0.555. The molecule has 0 atom stereocenters. The molecule has 0 aromatic carbocycles. The van der Waals surface area contributed by atoms with Gasteiger partial charge < -0.3 is 5.32 Å². The number of hydrogen-bond acceptors (Lipinski definition) is 3. The number of sulfonamides is 1. The van der Waals surface area contributed by atoms with Gasteiger partial charge in [-0.1, -0.05) is 13.8 Å². The Kier molecular flexibility index (Phi) is 5.02. The van der Waals surface area contributed by atoms with E-state index in [4.69, 9.17) is 0 Å². The second kappa shape index (κ2) is 5.82. The molecule has 0 aliphatic heterocycles. The fraction of sp³-hybridized carbons (Fsp3) is 1.00. The van der Waals surface area contributed by atoms with Crippen molar-refractivity contribution in [3.63, 3.8) is 0 Å². The Balaban J connectivity index is 2.05. The Hall–Kier alpha value is -0.130. The van der Waals surface area contributed by atoms with E-state index in [1.165, 1.54) is 12.8 Å². The first kappa shape index (κ1) is 12.9. The molecule has 4 nitrogen and oxygen atoms in total. The molecular formula is C10H22N2O2S. The van der Waals surface area contributed by atoms with Crippen molar-refractivity contribution >= 4 is 10.0 Å². The molecule has 0 spiro atoms. The van der Waals surface area contributed by atoms with Gasteiger partial charge in [-0.2, -0.15) is 0 Å². The van der Waals surface area contributed by atoms with E-state index in [2.05, 4.69) is 10.0 Å². The second-order valence-corrected chi connectivity index (χ2v) is 6.57. The van der Waals surface area contributed by atoms with Crippen LogP contribution in [-0.4, -0.2) is 33.3 Å². The average Bonchev–Trinajstić information content (AvgIpc) is 2.93. The van der Waals surface area contributed by atoms with Gasteiger partial charge in [0, 0.05) is 12.6 Å². The minimum Gasteiger partial charge on any atom is -0.314 e. The van der Waals surface area contributed by atoms with Crippen molar-refractivity contribution in [2.24, 2.45) is 5.92 Å². The van der Waals surface area contributed by atoms with Crippen LogP contribution in [0.15, 0.2) is 0 Å². The van der Waals surface area contributed by atoms with E-state index >= 15 is 0 Å². The summed E-state index contributed by atoms with van der Waals surface area (Å²) < 4.78 is 25.5. The molecule has 1 saturated carbocycles. The van der Waals surface area contributed by atoms with Crippen LogP contribution in [0.5, 0.6) is 0 Å². The van der Waals surface area contributed by atoms with E-state index in [0.717, 1.165) is 6.54 Å². The molecule has 1 aliphatic rings. The third-order valence-electron chi connectivity index (χ3n) is 2.31. The molecule has 0 amide bonds. The second-order valence-electron chi connectivity index (χ2n) is 4.64. The Bertz CT molecular complexity index is 271. The molecule has 1 aliphatic carbocycles. The van der Waals surface area contributed by atoms with Gasteiger partial charge >= 0.3 is 0 Å². The van der Waals surface area contributed by atoms with Gasteiger partial charge in [0.25, 0.3) is 0 Å². The quantitative estimate of drug-likeness (QED) is 0.608. The minimum atomic E-state index is -3.04. The standard InChI is InChI=1S/C10H22N2O2S/c1-9(2)8-12-15(13,14)7-3-6-11-10-4-5-10/h9-12H,3-8H2,1-2H3. The van der Waals surface area contributed by atoms with Gasteiger partial charge in [-0.3, -0.25) is 0 Å². The maximum absolute atomic E-state index is 11.5. The molecule has 15 heavy (non-hydrogen) atoms. The average molecular weight is 234 g/mol. The summed E-state index contributed by atoms with van der Waals surface area (Å²) in [4.78, 5) is 0. The van der Waals surface area contributed by atoms with Crippen molar-refractivity contribution in [2.75, 3.05) is 18.8 Å². The zero-order valence-electron chi connectivity index (χ0n) is 9.62. The number of nitrogens with one attached hydrogen (secondary N) is 2. The molecule has 0 saturated heterocycles. The lowest BCUT2D eigenvalue weighted by atomic mass is 10.2. The first-order valence-corrected chi connectivity index (χ1v) is 7.35. The zero-order valence-corrected chi connectivity index (χ0v) is 10.4. The summed E-state index contributed by atoms with van der Waals surface area (Å²) in [6.45, 7) is 5.35. The molecule has 1 fully saturated rings. The van der Waals surface area contributed by atoms with Crippen LogP contribution in [0.4, 0.5) is 0 Å². The van der Waals surface area contributed by atoms with Crippen molar-refractivity contribution in [2.45, 2.75) is 39.2 Å². The molecule has 0 heterocycles. The van der Waals surface area contributed by atoms with E-state index in [1.807, 2.05) is 13.8 Å². The van der Waals surface area contributed by atoms with Crippen LogP contribution < -0.4 is 10.0 Å². The van der Waals surface area contributed by atoms with Crippen LogP contribution in [0.2, 0.25) is 0 Å². The Morgan fingerprint density at radius 1 is 1.33 bits per heavy atom. The van der Waals surface area contributed by atoms with E-state index in [-0.39, 0.29) is 5.75 Å². The van der Waals surface area contributed by atoms with Crippen molar-refractivity contribution in [1.29, 1.82) is 0 Å². The SMILES string of the molecule is CC(C)CNS(=O)(=O)CCCNC1CC1. The predicted molar refractivity (Wildman–Crippen MR) is 62.3 cm³/mol. The lowest BCUT2D eigenvalue weighted by Gasteiger charge is -2.08. The van der Waals surface area contributed by atoms with Gasteiger partial charge in [0.2, 0.25) is 10.0 Å². The van der Waals surface area contributed by atoms with Crippen molar-refractivity contribution in [1.82, 2.24) is 10.0 Å². The molecule has 0 radical (unpaired) electrons. The summed E-state index contributed by atoms with van der Waals surface area (Å²) in [6, 6.07) is 0.663. The monoisotopic (exact) mass is 234 g/mol. The maximum Gasteiger partial charge on any atom is 0.211 e. The van der Waals surface area contributed by atoms with E-state index in [9.17, 15) is 8.42 Å². The van der Waals surface area contributed by atoms with E-state index < -0.39 is 10.0 Å². The van der Waals surface area contributed by atoms with Crippen LogP contribution in [-0.2, 0) is 10.0 Å².